The highest BCUT2D eigenvalue weighted by Crippen LogP contribution is 2.35. The number of nitrogens with one attached hydrogen (secondary N) is 1. The molecule has 6 heteroatoms. The zero-order valence-electron chi connectivity index (χ0n) is 14.6. The molecule has 0 saturated heterocycles. The molecule has 3 nitrogen and oxygen atoms in total. The van der Waals surface area contributed by atoms with Crippen molar-refractivity contribution >= 4 is 28.4 Å². The summed E-state index contributed by atoms with van der Waals surface area (Å²) in [6.45, 7) is 0.376. The van der Waals surface area contributed by atoms with Crippen LogP contribution in [-0.4, -0.2) is 16.6 Å². The molecule has 0 bridgehead atoms. The van der Waals surface area contributed by atoms with Gasteiger partial charge in [-0.25, -0.2) is 13.8 Å². The van der Waals surface area contributed by atoms with Crippen LogP contribution in [-0.2, 0) is 6.54 Å². The monoisotopic (exact) mass is 381 g/mol. The summed E-state index contributed by atoms with van der Waals surface area (Å²) in [6, 6.07) is 15.5. The molecule has 0 aliphatic rings. The van der Waals surface area contributed by atoms with E-state index >= 15 is 0 Å². The Hall–Kier alpha value is -2.86. The number of pyridine rings is 1. The van der Waals surface area contributed by atoms with Gasteiger partial charge in [-0.2, -0.15) is 0 Å². The van der Waals surface area contributed by atoms with Gasteiger partial charge in [-0.3, -0.25) is 0 Å². The van der Waals surface area contributed by atoms with Gasteiger partial charge in [0.05, 0.1) is 5.52 Å². The number of benzene rings is 2. The van der Waals surface area contributed by atoms with Crippen LogP contribution in [0.2, 0.25) is 0 Å². The molecular formula is C21H17F2N3S. The van der Waals surface area contributed by atoms with Gasteiger partial charge >= 0.3 is 0 Å². The Morgan fingerprint density at radius 1 is 1.04 bits per heavy atom. The van der Waals surface area contributed by atoms with Crippen LogP contribution in [0.1, 0.15) is 5.56 Å². The SMILES string of the molecule is CNc1ccc2c(Sc3ccccn3)cn(Cc3cc(F)cc(F)c3)c2c1. The minimum atomic E-state index is -0.569. The number of aromatic nitrogens is 2. The summed E-state index contributed by atoms with van der Waals surface area (Å²) in [7, 11) is 1.86. The minimum Gasteiger partial charge on any atom is -0.388 e. The number of rotatable bonds is 5. The largest absolute Gasteiger partial charge is 0.388 e. The third-order valence-corrected chi connectivity index (χ3v) is 5.26. The van der Waals surface area contributed by atoms with E-state index < -0.39 is 11.6 Å². The average molecular weight is 381 g/mol. The Morgan fingerprint density at radius 3 is 2.56 bits per heavy atom. The van der Waals surface area contributed by atoms with Gasteiger partial charge in [0.2, 0.25) is 0 Å². The first-order chi connectivity index (χ1) is 13.1. The number of hydrogen-bond acceptors (Lipinski definition) is 3. The number of halogens is 2. The molecule has 0 aliphatic carbocycles. The molecule has 27 heavy (non-hydrogen) atoms. The van der Waals surface area contributed by atoms with Crippen molar-refractivity contribution in [2.24, 2.45) is 0 Å². The fraction of sp³-hybridized carbons (Fsp3) is 0.0952. The summed E-state index contributed by atoms with van der Waals surface area (Å²) >= 11 is 1.57. The van der Waals surface area contributed by atoms with E-state index in [0.717, 1.165) is 32.6 Å². The zero-order chi connectivity index (χ0) is 18.8. The standard InChI is InChI=1S/C21H17F2N3S/c1-24-17-5-6-18-19(11-17)26(12-14-8-15(22)10-16(23)9-14)13-20(18)27-21-4-2-3-7-25-21/h2-11,13,24H,12H2,1H3. The van der Waals surface area contributed by atoms with Gasteiger partial charge in [-0.1, -0.05) is 17.8 Å². The van der Waals surface area contributed by atoms with Crippen LogP contribution in [0.25, 0.3) is 10.9 Å². The molecule has 0 radical (unpaired) electrons. The lowest BCUT2D eigenvalue weighted by Gasteiger charge is -2.07. The third-order valence-electron chi connectivity index (χ3n) is 4.26. The average Bonchev–Trinajstić information content (AvgIpc) is 2.98. The number of nitrogens with zero attached hydrogens (tertiary/aromatic N) is 2. The van der Waals surface area contributed by atoms with Crippen LogP contribution in [0.3, 0.4) is 0 Å². The lowest BCUT2D eigenvalue weighted by atomic mass is 10.2. The Kier molecular flexibility index (Phi) is 4.81. The molecule has 0 aliphatic heterocycles. The van der Waals surface area contributed by atoms with E-state index in [-0.39, 0.29) is 0 Å². The van der Waals surface area contributed by atoms with E-state index in [9.17, 15) is 8.78 Å². The van der Waals surface area contributed by atoms with E-state index in [0.29, 0.717) is 12.1 Å². The highest BCUT2D eigenvalue weighted by atomic mass is 32.2. The summed E-state index contributed by atoms with van der Waals surface area (Å²) in [5, 5.41) is 5.10. The van der Waals surface area contributed by atoms with Crippen LogP contribution in [0.5, 0.6) is 0 Å². The van der Waals surface area contributed by atoms with Gasteiger partial charge < -0.3 is 9.88 Å². The molecule has 0 atom stereocenters. The topological polar surface area (TPSA) is 29.9 Å². The molecule has 136 valence electrons. The third kappa shape index (κ3) is 3.80. The quantitative estimate of drug-likeness (QED) is 0.491. The van der Waals surface area contributed by atoms with Gasteiger partial charge in [0.15, 0.2) is 0 Å². The predicted octanol–water partition coefficient (Wildman–Crippen LogP) is 5.56. The van der Waals surface area contributed by atoms with Crippen molar-refractivity contribution in [2.45, 2.75) is 16.5 Å². The second-order valence-electron chi connectivity index (χ2n) is 6.15. The molecule has 0 amide bonds. The molecule has 2 aromatic heterocycles. The second kappa shape index (κ2) is 7.40. The number of anilines is 1. The predicted molar refractivity (Wildman–Crippen MR) is 105 cm³/mol. The maximum Gasteiger partial charge on any atom is 0.126 e. The molecule has 2 heterocycles. The van der Waals surface area contributed by atoms with Crippen molar-refractivity contribution in [3.8, 4) is 0 Å². The van der Waals surface area contributed by atoms with Gasteiger partial charge in [0, 0.05) is 48.0 Å². The molecule has 4 rings (SSSR count). The van der Waals surface area contributed by atoms with Crippen molar-refractivity contribution in [1.29, 1.82) is 0 Å². The van der Waals surface area contributed by atoms with Crippen molar-refractivity contribution in [2.75, 3.05) is 12.4 Å². The van der Waals surface area contributed by atoms with E-state index in [1.165, 1.54) is 12.1 Å². The molecule has 0 unspecified atom stereocenters. The van der Waals surface area contributed by atoms with Crippen LogP contribution in [0.15, 0.2) is 76.9 Å². The molecule has 1 N–H and O–H groups in total. The smallest absolute Gasteiger partial charge is 0.126 e. The summed E-state index contributed by atoms with van der Waals surface area (Å²) in [4.78, 5) is 5.42. The minimum absolute atomic E-state index is 0.376. The summed E-state index contributed by atoms with van der Waals surface area (Å²) in [5.41, 5.74) is 2.54. The fourth-order valence-electron chi connectivity index (χ4n) is 3.04. The maximum atomic E-state index is 13.6. The molecule has 4 aromatic rings. The zero-order valence-corrected chi connectivity index (χ0v) is 15.4. The van der Waals surface area contributed by atoms with Crippen LogP contribution in [0, 0.1) is 11.6 Å². The van der Waals surface area contributed by atoms with E-state index in [4.69, 9.17) is 0 Å². The number of fused-ring (bicyclic) bond motifs is 1. The van der Waals surface area contributed by atoms with Crippen LogP contribution in [0.4, 0.5) is 14.5 Å². The van der Waals surface area contributed by atoms with Crippen molar-refractivity contribution in [3.05, 3.63) is 84.2 Å². The molecule has 0 fully saturated rings. The highest BCUT2D eigenvalue weighted by molar-refractivity contribution is 7.99. The Bertz CT molecular complexity index is 1070. The maximum absolute atomic E-state index is 13.6. The van der Waals surface area contributed by atoms with E-state index in [1.54, 1.807) is 18.0 Å². The number of hydrogen-bond donors (Lipinski definition) is 1. The fourth-order valence-corrected chi connectivity index (χ4v) is 3.99. The lowest BCUT2D eigenvalue weighted by Crippen LogP contribution is -1.99. The van der Waals surface area contributed by atoms with E-state index in [2.05, 4.69) is 16.4 Å². The summed E-state index contributed by atoms with van der Waals surface area (Å²) in [6.07, 6.45) is 3.77. The van der Waals surface area contributed by atoms with Gasteiger partial charge in [0.25, 0.3) is 0 Å². The van der Waals surface area contributed by atoms with Gasteiger partial charge in [-0.05, 0) is 48.0 Å². The Balaban J connectivity index is 1.78. The van der Waals surface area contributed by atoms with Crippen LogP contribution >= 0.6 is 11.8 Å². The van der Waals surface area contributed by atoms with E-state index in [1.807, 2.05) is 48.1 Å². The first-order valence-electron chi connectivity index (χ1n) is 8.47. The van der Waals surface area contributed by atoms with Crippen molar-refractivity contribution < 1.29 is 8.78 Å². The Labute approximate surface area is 160 Å². The normalized spacial score (nSPS) is 11.1. The van der Waals surface area contributed by atoms with Crippen molar-refractivity contribution in [3.63, 3.8) is 0 Å². The summed E-state index contributed by atoms with van der Waals surface area (Å²) in [5.74, 6) is -1.14. The first kappa shape index (κ1) is 17.5. The molecule has 0 saturated carbocycles. The van der Waals surface area contributed by atoms with Crippen molar-refractivity contribution in [1.82, 2.24) is 9.55 Å². The molecule has 2 aromatic carbocycles. The molecule has 0 spiro atoms. The lowest BCUT2D eigenvalue weighted by molar-refractivity contribution is 0.578. The first-order valence-corrected chi connectivity index (χ1v) is 9.28. The van der Waals surface area contributed by atoms with Gasteiger partial charge in [0.1, 0.15) is 16.7 Å². The Morgan fingerprint density at radius 2 is 1.85 bits per heavy atom. The second-order valence-corrected chi connectivity index (χ2v) is 7.21. The highest BCUT2D eigenvalue weighted by Gasteiger charge is 2.12. The van der Waals surface area contributed by atoms with Crippen LogP contribution < -0.4 is 5.32 Å². The molecular weight excluding hydrogens is 364 g/mol. The van der Waals surface area contributed by atoms with Gasteiger partial charge in [-0.15, -0.1) is 0 Å². The summed E-state index contributed by atoms with van der Waals surface area (Å²) < 4.78 is 29.2.